The average Bonchev–Trinajstić information content (AvgIpc) is 3.82. The van der Waals surface area contributed by atoms with Crippen LogP contribution in [0.4, 0.5) is 11.4 Å². The van der Waals surface area contributed by atoms with Gasteiger partial charge in [-0.2, -0.15) is 5.10 Å². The molecule has 4 aromatic carbocycles. The van der Waals surface area contributed by atoms with Gasteiger partial charge in [-0.3, -0.25) is 29.7 Å². The second-order valence-electron chi connectivity index (χ2n) is 14.8. The number of rotatable bonds is 10. The number of aromatic amines is 1. The van der Waals surface area contributed by atoms with Crippen LogP contribution in [0.3, 0.4) is 0 Å². The molecule has 2 aliphatic rings. The molecule has 0 unspecified atom stereocenters. The summed E-state index contributed by atoms with van der Waals surface area (Å²) < 4.78 is 13.1. The number of H-pyrrole nitrogens is 1. The summed E-state index contributed by atoms with van der Waals surface area (Å²) in [6.45, 7) is 8.02. The Kier molecular flexibility index (Phi) is 10.3. The van der Waals surface area contributed by atoms with E-state index in [-0.39, 0.29) is 30.1 Å². The molecule has 0 saturated carbocycles. The van der Waals surface area contributed by atoms with Crippen molar-refractivity contribution in [1.29, 1.82) is 0 Å². The fraction of sp³-hybridized carbons (Fsp3) is 0.295. The quantitative estimate of drug-likeness (QED) is 0.118. The van der Waals surface area contributed by atoms with E-state index in [4.69, 9.17) is 9.47 Å². The molecular weight excluding hydrogens is 723 g/mol. The number of non-ortho nitro benzene ring substituents is 1. The van der Waals surface area contributed by atoms with Crippen LogP contribution in [-0.2, 0) is 31.3 Å². The smallest absolute Gasteiger partial charge is 0.270 e. The molecule has 2 amide bonds. The molecule has 2 aromatic heterocycles. The molecule has 4 heterocycles. The predicted octanol–water partition coefficient (Wildman–Crippen LogP) is 6.85. The topological polar surface area (TPSA) is 139 Å². The van der Waals surface area contributed by atoms with Gasteiger partial charge in [0, 0.05) is 85.0 Å². The Balaban J connectivity index is 1.20. The summed E-state index contributed by atoms with van der Waals surface area (Å²) in [5.41, 5.74) is 7.77. The first-order chi connectivity index (χ1) is 27.6. The number of nitro benzene ring substituents is 1. The van der Waals surface area contributed by atoms with Crippen LogP contribution in [0.2, 0.25) is 0 Å². The highest BCUT2D eigenvalue weighted by atomic mass is 16.6. The van der Waals surface area contributed by atoms with E-state index in [2.05, 4.69) is 27.2 Å². The summed E-state index contributed by atoms with van der Waals surface area (Å²) in [6, 6.07) is 25.7. The molecule has 6 aromatic rings. The van der Waals surface area contributed by atoms with Gasteiger partial charge in [0.05, 0.1) is 49.1 Å². The van der Waals surface area contributed by atoms with Crippen LogP contribution in [0.15, 0.2) is 91.1 Å². The molecule has 1 N–H and O–H groups in total. The van der Waals surface area contributed by atoms with Crippen molar-refractivity contribution in [3.63, 3.8) is 0 Å². The number of nitrogens with one attached hydrogen (secondary N) is 1. The van der Waals surface area contributed by atoms with E-state index in [0.29, 0.717) is 66.5 Å². The Labute approximate surface area is 330 Å². The van der Waals surface area contributed by atoms with E-state index in [0.717, 1.165) is 46.4 Å². The highest BCUT2D eigenvalue weighted by Crippen LogP contribution is 2.36. The first-order valence-corrected chi connectivity index (χ1v) is 19.1. The maximum absolute atomic E-state index is 15.0. The molecule has 292 valence electrons. The lowest BCUT2D eigenvalue weighted by Crippen LogP contribution is -2.52. The average molecular weight is 768 g/mol. The number of methoxy groups -OCH3 is 1. The second kappa shape index (κ2) is 15.7. The number of benzene rings is 4. The molecular formula is C44H45N7O6. The van der Waals surface area contributed by atoms with Crippen LogP contribution < -0.4 is 9.64 Å². The fourth-order valence-corrected chi connectivity index (χ4v) is 8.19. The van der Waals surface area contributed by atoms with Crippen molar-refractivity contribution in [2.45, 2.75) is 39.4 Å². The molecule has 13 heteroatoms. The number of amides is 2. The molecule has 0 spiro atoms. The summed E-state index contributed by atoms with van der Waals surface area (Å²) in [6.07, 6.45) is 2.41. The number of fused-ring (bicyclic) bond motifs is 2. The maximum atomic E-state index is 15.0. The molecule has 2 aliphatic heterocycles. The van der Waals surface area contributed by atoms with Crippen LogP contribution in [0.25, 0.3) is 22.2 Å². The highest BCUT2D eigenvalue weighted by Gasteiger charge is 2.34. The Morgan fingerprint density at radius 2 is 1.77 bits per heavy atom. The zero-order valence-corrected chi connectivity index (χ0v) is 32.5. The van der Waals surface area contributed by atoms with Crippen LogP contribution in [-0.4, -0.2) is 87.3 Å². The molecule has 57 heavy (non-hydrogen) atoms. The first-order valence-electron chi connectivity index (χ1n) is 19.1. The number of hydrogen-bond donors (Lipinski definition) is 1. The second-order valence-corrected chi connectivity index (χ2v) is 14.8. The van der Waals surface area contributed by atoms with Crippen LogP contribution >= 0.6 is 0 Å². The van der Waals surface area contributed by atoms with E-state index in [1.807, 2.05) is 78.9 Å². The van der Waals surface area contributed by atoms with Gasteiger partial charge in [0.1, 0.15) is 5.75 Å². The van der Waals surface area contributed by atoms with E-state index < -0.39 is 4.92 Å². The largest absolute Gasteiger partial charge is 0.496 e. The minimum absolute atomic E-state index is 0.123. The van der Waals surface area contributed by atoms with Gasteiger partial charge in [-0.1, -0.05) is 36.4 Å². The zero-order valence-electron chi connectivity index (χ0n) is 32.5. The molecule has 0 radical (unpaired) electrons. The fourth-order valence-electron chi connectivity index (χ4n) is 8.19. The number of aromatic nitrogens is 3. The van der Waals surface area contributed by atoms with E-state index in [1.165, 1.54) is 17.7 Å². The van der Waals surface area contributed by atoms with Gasteiger partial charge in [-0.15, -0.1) is 0 Å². The number of nitrogens with zero attached hydrogens (tertiary/aromatic N) is 6. The predicted molar refractivity (Wildman–Crippen MR) is 218 cm³/mol. The van der Waals surface area contributed by atoms with Gasteiger partial charge in [0.25, 0.3) is 17.5 Å². The Morgan fingerprint density at radius 1 is 0.982 bits per heavy atom. The van der Waals surface area contributed by atoms with Gasteiger partial charge in [0.2, 0.25) is 0 Å². The third-order valence-corrected chi connectivity index (χ3v) is 11.6. The Hall–Kier alpha value is -6.31. The van der Waals surface area contributed by atoms with Crippen molar-refractivity contribution >= 4 is 34.1 Å². The van der Waals surface area contributed by atoms with E-state index >= 15 is 0 Å². The third kappa shape index (κ3) is 7.27. The SMILES string of the molecule is COc1cccc(CN(C(=O)c2cc(-c3cc([N+](=O)[O-])ccc3C(=O)N3Cc4ccccc4C[C@@H]3CN3CCOCC3)n(C)c2C)c2ccc3[nH]ncc3c2)c1C. The van der Waals surface area contributed by atoms with Gasteiger partial charge in [-0.25, -0.2) is 0 Å². The van der Waals surface area contributed by atoms with Gasteiger partial charge in [-0.05, 0) is 78.9 Å². The lowest BCUT2D eigenvalue weighted by molar-refractivity contribution is -0.384. The zero-order chi connectivity index (χ0) is 39.8. The number of carbonyl (C=O) groups excluding carboxylic acids is 2. The summed E-state index contributed by atoms with van der Waals surface area (Å²) in [5, 5.41) is 20.2. The van der Waals surface area contributed by atoms with E-state index in [9.17, 15) is 19.7 Å². The molecule has 1 saturated heterocycles. The molecule has 0 bridgehead atoms. The summed E-state index contributed by atoms with van der Waals surface area (Å²) in [4.78, 5) is 47.6. The summed E-state index contributed by atoms with van der Waals surface area (Å²) >= 11 is 0. The number of ether oxygens (including phenoxy) is 2. The van der Waals surface area contributed by atoms with Crippen LogP contribution in [0.1, 0.15) is 48.7 Å². The standard InChI is InChI=1S/C44H45N7O6/c1-28-31(10-7-11-42(28)56-4)25-49(34-13-15-40-33(21-34)24-45-46-40)44(53)38-23-41(47(3)29(38)2)39-22-35(51(54)55)12-14-37(39)43(52)50-26-32-9-6-5-8-30(32)20-36(50)27-48-16-18-57-19-17-48/h5-15,21-24,36H,16-20,25-27H2,1-4H3,(H,45,46)/t36-/m1/s1. The monoisotopic (exact) mass is 767 g/mol. The van der Waals surface area contributed by atoms with Crippen molar-refractivity contribution in [1.82, 2.24) is 24.6 Å². The van der Waals surface area contributed by atoms with Crippen molar-refractivity contribution in [2.75, 3.05) is 44.9 Å². The number of nitro groups is 1. The van der Waals surface area contributed by atoms with Gasteiger partial charge < -0.3 is 23.8 Å². The molecule has 8 rings (SSSR count). The first kappa shape index (κ1) is 37.6. The van der Waals surface area contributed by atoms with Crippen molar-refractivity contribution in [2.24, 2.45) is 7.05 Å². The Bertz CT molecular complexity index is 2500. The summed E-state index contributed by atoms with van der Waals surface area (Å²) in [5.74, 6) is 0.231. The van der Waals surface area contributed by atoms with Crippen LogP contribution in [0.5, 0.6) is 5.75 Å². The number of hydrogen-bond acceptors (Lipinski definition) is 8. The normalized spacial score (nSPS) is 15.7. The van der Waals surface area contributed by atoms with Crippen molar-refractivity contribution < 1.29 is 24.0 Å². The van der Waals surface area contributed by atoms with Crippen LogP contribution in [0, 0.1) is 24.0 Å². The Morgan fingerprint density at radius 3 is 2.54 bits per heavy atom. The van der Waals surface area contributed by atoms with E-state index in [1.54, 1.807) is 30.3 Å². The van der Waals surface area contributed by atoms with Crippen molar-refractivity contribution in [3.05, 3.63) is 140 Å². The van der Waals surface area contributed by atoms with Gasteiger partial charge in [0.15, 0.2) is 0 Å². The maximum Gasteiger partial charge on any atom is 0.270 e. The molecule has 1 atom stereocenters. The number of morpholine rings is 1. The minimum Gasteiger partial charge on any atom is -0.496 e. The summed E-state index contributed by atoms with van der Waals surface area (Å²) in [7, 11) is 3.44. The number of carbonyl (C=O) groups is 2. The molecule has 0 aliphatic carbocycles. The van der Waals surface area contributed by atoms with Gasteiger partial charge >= 0.3 is 0 Å². The third-order valence-electron chi connectivity index (χ3n) is 11.6. The molecule has 1 fully saturated rings. The number of anilines is 1. The minimum atomic E-state index is -0.456. The highest BCUT2D eigenvalue weighted by molar-refractivity contribution is 6.09. The lowest BCUT2D eigenvalue weighted by Gasteiger charge is -2.40. The molecule has 13 nitrogen and oxygen atoms in total. The lowest BCUT2D eigenvalue weighted by atomic mass is 9.92. The van der Waals surface area contributed by atoms with Crippen molar-refractivity contribution in [3.8, 4) is 17.0 Å².